The van der Waals surface area contributed by atoms with Gasteiger partial charge in [-0.05, 0) is 42.0 Å². The second kappa shape index (κ2) is 7.25. The van der Waals surface area contributed by atoms with Crippen molar-refractivity contribution >= 4 is 41.2 Å². The van der Waals surface area contributed by atoms with Crippen LogP contribution in [0.2, 0.25) is 0 Å². The Balaban J connectivity index is 1.90. The van der Waals surface area contributed by atoms with E-state index in [-0.39, 0.29) is 5.82 Å². The third-order valence-electron chi connectivity index (χ3n) is 3.18. The Kier molecular flexibility index (Phi) is 5.08. The standard InChI is InChI=1S/C16H12FN3OS3/c17-11-6-8-12(9-7-11)20-16(22)24-15(19-20)23-13(14(18)21)10-4-2-1-3-5-10/h1-9,13H,(H2,18,21)/t13-/m0/s1. The summed E-state index contributed by atoms with van der Waals surface area (Å²) in [6.45, 7) is 0. The molecule has 0 saturated heterocycles. The quantitative estimate of drug-likeness (QED) is 0.537. The van der Waals surface area contributed by atoms with Crippen LogP contribution in [0.3, 0.4) is 0 Å². The molecule has 4 nitrogen and oxygen atoms in total. The molecule has 1 aromatic heterocycles. The summed E-state index contributed by atoms with van der Waals surface area (Å²) in [5.41, 5.74) is 7.01. The first kappa shape index (κ1) is 16.8. The van der Waals surface area contributed by atoms with Crippen LogP contribution in [0.1, 0.15) is 10.8 Å². The molecule has 2 N–H and O–H groups in total. The first-order chi connectivity index (χ1) is 11.5. The van der Waals surface area contributed by atoms with Crippen molar-refractivity contribution < 1.29 is 9.18 Å². The van der Waals surface area contributed by atoms with Gasteiger partial charge in [0.1, 0.15) is 11.1 Å². The van der Waals surface area contributed by atoms with Gasteiger partial charge >= 0.3 is 0 Å². The molecule has 0 spiro atoms. The number of nitrogens with two attached hydrogens (primary N) is 1. The third-order valence-corrected chi connectivity index (χ3v) is 5.77. The zero-order chi connectivity index (χ0) is 17.1. The number of primary amides is 1. The zero-order valence-corrected chi connectivity index (χ0v) is 14.7. The van der Waals surface area contributed by atoms with Crippen LogP contribution in [0.4, 0.5) is 4.39 Å². The zero-order valence-electron chi connectivity index (χ0n) is 12.3. The smallest absolute Gasteiger partial charge is 0.235 e. The van der Waals surface area contributed by atoms with E-state index in [2.05, 4.69) is 5.10 Å². The van der Waals surface area contributed by atoms with E-state index in [1.54, 1.807) is 16.8 Å². The Labute approximate surface area is 151 Å². The van der Waals surface area contributed by atoms with Crippen LogP contribution >= 0.6 is 35.3 Å². The molecular formula is C16H12FN3OS3. The number of carbonyl (C=O) groups is 1. The topological polar surface area (TPSA) is 60.9 Å². The van der Waals surface area contributed by atoms with Gasteiger partial charge in [0.05, 0.1) is 5.69 Å². The maximum atomic E-state index is 13.0. The number of nitrogens with zero attached hydrogens (tertiary/aromatic N) is 2. The summed E-state index contributed by atoms with van der Waals surface area (Å²) in [4.78, 5) is 11.8. The molecule has 2 aromatic carbocycles. The van der Waals surface area contributed by atoms with Gasteiger partial charge in [-0.1, -0.05) is 53.4 Å². The molecule has 8 heteroatoms. The number of hydrogen-bond acceptors (Lipinski definition) is 5. The minimum absolute atomic E-state index is 0.326. The van der Waals surface area contributed by atoms with Gasteiger partial charge in [0.25, 0.3) is 0 Å². The van der Waals surface area contributed by atoms with Crippen LogP contribution < -0.4 is 5.73 Å². The fourth-order valence-electron chi connectivity index (χ4n) is 2.07. The second-order valence-electron chi connectivity index (χ2n) is 4.83. The molecule has 0 aliphatic heterocycles. The largest absolute Gasteiger partial charge is 0.368 e. The SMILES string of the molecule is NC(=O)[C@@H](Sc1nn(-c2ccc(F)cc2)c(=S)s1)c1ccccc1. The summed E-state index contributed by atoms with van der Waals surface area (Å²) < 4.78 is 15.7. The number of amides is 1. The molecule has 0 fully saturated rings. The van der Waals surface area contributed by atoms with Gasteiger partial charge in [-0.2, -0.15) is 0 Å². The highest BCUT2D eigenvalue weighted by Crippen LogP contribution is 2.36. The minimum atomic E-state index is -0.548. The predicted molar refractivity (Wildman–Crippen MR) is 96.5 cm³/mol. The van der Waals surface area contributed by atoms with Crippen LogP contribution in [0.5, 0.6) is 0 Å². The normalized spacial score (nSPS) is 12.0. The molecule has 1 atom stereocenters. The average Bonchev–Trinajstić information content (AvgIpc) is 2.94. The molecule has 0 saturated carbocycles. The van der Waals surface area contributed by atoms with Crippen molar-refractivity contribution in [1.29, 1.82) is 0 Å². The summed E-state index contributed by atoms with van der Waals surface area (Å²) in [5, 5.41) is 3.87. The Morgan fingerprint density at radius 1 is 1.21 bits per heavy atom. The van der Waals surface area contributed by atoms with Gasteiger partial charge in [-0.15, -0.1) is 5.10 Å². The summed E-state index contributed by atoms with van der Waals surface area (Å²) in [5.74, 6) is -0.770. The van der Waals surface area contributed by atoms with Gasteiger partial charge in [0.15, 0.2) is 8.29 Å². The fourth-order valence-corrected chi connectivity index (χ4v) is 4.58. The first-order valence-corrected chi connectivity index (χ1v) is 9.02. The highest BCUT2D eigenvalue weighted by Gasteiger charge is 2.21. The Morgan fingerprint density at radius 2 is 1.88 bits per heavy atom. The Bertz CT molecular complexity index is 906. The Morgan fingerprint density at radius 3 is 2.50 bits per heavy atom. The summed E-state index contributed by atoms with van der Waals surface area (Å²) in [7, 11) is 0. The highest BCUT2D eigenvalue weighted by atomic mass is 32.2. The monoisotopic (exact) mass is 377 g/mol. The van der Waals surface area contributed by atoms with Crippen molar-refractivity contribution in [2.45, 2.75) is 9.59 Å². The molecule has 1 amide bonds. The van der Waals surface area contributed by atoms with E-state index in [1.807, 2.05) is 30.3 Å². The van der Waals surface area contributed by atoms with Crippen molar-refractivity contribution in [3.05, 3.63) is 69.9 Å². The van der Waals surface area contributed by atoms with E-state index in [0.29, 0.717) is 14.0 Å². The third kappa shape index (κ3) is 3.72. The van der Waals surface area contributed by atoms with Crippen molar-refractivity contribution in [3.63, 3.8) is 0 Å². The van der Waals surface area contributed by atoms with Crippen LogP contribution in [0.15, 0.2) is 58.9 Å². The molecule has 24 heavy (non-hydrogen) atoms. The van der Waals surface area contributed by atoms with Crippen molar-refractivity contribution in [2.24, 2.45) is 5.73 Å². The van der Waals surface area contributed by atoms with E-state index in [4.69, 9.17) is 18.0 Å². The molecule has 1 heterocycles. The average molecular weight is 377 g/mol. The van der Waals surface area contributed by atoms with E-state index < -0.39 is 11.2 Å². The van der Waals surface area contributed by atoms with Crippen LogP contribution in [0, 0.1) is 9.77 Å². The molecule has 122 valence electrons. The predicted octanol–water partition coefficient (Wildman–Crippen LogP) is 4.12. The number of hydrogen-bond donors (Lipinski definition) is 1. The minimum Gasteiger partial charge on any atom is -0.368 e. The lowest BCUT2D eigenvalue weighted by Gasteiger charge is -2.11. The van der Waals surface area contributed by atoms with Gasteiger partial charge in [0, 0.05) is 0 Å². The summed E-state index contributed by atoms with van der Waals surface area (Å²) >= 11 is 7.85. The number of benzene rings is 2. The number of carbonyl (C=O) groups excluding carboxylic acids is 1. The van der Waals surface area contributed by atoms with Crippen LogP contribution in [0.25, 0.3) is 5.69 Å². The fraction of sp³-hybridized carbons (Fsp3) is 0.0625. The van der Waals surface area contributed by atoms with Crippen LogP contribution in [-0.2, 0) is 4.79 Å². The highest BCUT2D eigenvalue weighted by molar-refractivity contribution is 8.02. The number of halogens is 1. The maximum Gasteiger partial charge on any atom is 0.235 e. The number of rotatable bonds is 5. The van der Waals surface area contributed by atoms with Gasteiger partial charge < -0.3 is 5.73 Å². The summed E-state index contributed by atoms with van der Waals surface area (Å²) in [6, 6.07) is 15.2. The van der Waals surface area contributed by atoms with Crippen LogP contribution in [-0.4, -0.2) is 15.7 Å². The van der Waals surface area contributed by atoms with E-state index in [9.17, 15) is 9.18 Å². The summed E-state index contributed by atoms with van der Waals surface area (Å²) in [6.07, 6.45) is 0. The van der Waals surface area contributed by atoms with Gasteiger partial charge in [-0.3, -0.25) is 4.79 Å². The lowest BCUT2D eigenvalue weighted by molar-refractivity contribution is -0.117. The maximum absolute atomic E-state index is 13.0. The molecule has 0 unspecified atom stereocenters. The molecule has 3 aromatic rings. The second-order valence-corrected chi connectivity index (χ2v) is 7.81. The van der Waals surface area contributed by atoms with Gasteiger partial charge in [-0.25, -0.2) is 9.07 Å². The molecular weight excluding hydrogens is 365 g/mol. The van der Waals surface area contributed by atoms with E-state index in [0.717, 1.165) is 5.56 Å². The lowest BCUT2D eigenvalue weighted by Crippen LogP contribution is -2.18. The molecule has 0 aliphatic rings. The molecule has 0 radical (unpaired) electrons. The Hall–Kier alpha value is -2.03. The molecule has 3 rings (SSSR count). The van der Waals surface area contributed by atoms with E-state index >= 15 is 0 Å². The molecule has 0 bridgehead atoms. The molecule has 0 aliphatic carbocycles. The first-order valence-electron chi connectivity index (χ1n) is 6.91. The lowest BCUT2D eigenvalue weighted by atomic mass is 10.1. The number of thioether (sulfide) groups is 1. The van der Waals surface area contributed by atoms with Crippen molar-refractivity contribution in [3.8, 4) is 5.69 Å². The van der Waals surface area contributed by atoms with Gasteiger partial charge in [0.2, 0.25) is 5.91 Å². The van der Waals surface area contributed by atoms with Crippen molar-refractivity contribution in [1.82, 2.24) is 9.78 Å². The van der Waals surface area contributed by atoms with E-state index in [1.165, 1.54) is 35.2 Å². The van der Waals surface area contributed by atoms with Crippen molar-refractivity contribution in [2.75, 3.05) is 0 Å². The number of aromatic nitrogens is 2.